The number of nitrogens with one attached hydrogen (secondary N) is 2. The number of nitrogens with two attached hydrogens (primary N) is 1. The number of imidazole rings is 1. The van der Waals surface area contributed by atoms with Gasteiger partial charge < -0.3 is 20.4 Å². The summed E-state index contributed by atoms with van der Waals surface area (Å²) in [7, 11) is 3.91. The first-order chi connectivity index (χ1) is 18.4. The summed E-state index contributed by atoms with van der Waals surface area (Å²) >= 11 is 0. The van der Waals surface area contributed by atoms with Gasteiger partial charge in [-0.2, -0.15) is 5.10 Å². The number of pyridine rings is 3. The summed E-state index contributed by atoms with van der Waals surface area (Å²) in [6.45, 7) is 1.17. The number of benzene rings is 1. The van der Waals surface area contributed by atoms with Crippen molar-refractivity contribution in [2.24, 2.45) is 0 Å². The minimum absolute atomic E-state index is 0.388. The summed E-state index contributed by atoms with van der Waals surface area (Å²) in [4.78, 5) is 23.1. The molecule has 4 N–H and O–H groups in total. The highest BCUT2D eigenvalue weighted by atomic mass is 19.1. The van der Waals surface area contributed by atoms with Crippen molar-refractivity contribution in [3.63, 3.8) is 0 Å². The third kappa shape index (κ3) is 4.50. The van der Waals surface area contributed by atoms with Crippen LogP contribution in [-0.4, -0.2) is 67.3 Å². The van der Waals surface area contributed by atoms with E-state index in [-0.39, 0.29) is 5.82 Å². The van der Waals surface area contributed by atoms with Gasteiger partial charge in [-0.05, 0) is 50.0 Å². The second-order valence-corrected chi connectivity index (χ2v) is 9.16. The summed E-state index contributed by atoms with van der Waals surface area (Å²) in [6, 6.07) is 10.2. The number of fused-ring (bicyclic) bond motifs is 2. The summed E-state index contributed by atoms with van der Waals surface area (Å²) in [5.41, 5.74) is 11.9. The number of nitrogen functional groups attached to an aromatic ring is 1. The van der Waals surface area contributed by atoms with Crippen molar-refractivity contribution in [3.05, 3.63) is 67.0 Å². The van der Waals surface area contributed by atoms with E-state index in [0.29, 0.717) is 52.0 Å². The molecule has 0 aliphatic rings. The van der Waals surface area contributed by atoms with E-state index in [1.165, 1.54) is 12.1 Å². The van der Waals surface area contributed by atoms with E-state index in [1.54, 1.807) is 24.8 Å². The van der Waals surface area contributed by atoms with Crippen LogP contribution in [-0.2, 0) is 0 Å². The molecule has 190 valence electrons. The molecule has 0 aliphatic heterocycles. The first kappa shape index (κ1) is 23.5. The molecule has 0 spiro atoms. The van der Waals surface area contributed by atoms with E-state index in [1.807, 2.05) is 43.3 Å². The molecule has 0 radical (unpaired) electrons. The van der Waals surface area contributed by atoms with Crippen LogP contribution < -0.4 is 10.5 Å². The lowest BCUT2D eigenvalue weighted by Crippen LogP contribution is -2.19. The van der Waals surface area contributed by atoms with Crippen molar-refractivity contribution in [3.8, 4) is 39.7 Å². The number of likely N-dealkylation sites (N-methyl/N-ethyl adjacent to an activating group) is 1. The molecule has 38 heavy (non-hydrogen) atoms. The highest BCUT2D eigenvalue weighted by molar-refractivity contribution is 5.96. The van der Waals surface area contributed by atoms with Crippen LogP contribution in [0.2, 0.25) is 0 Å². The zero-order chi connectivity index (χ0) is 26.2. The van der Waals surface area contributed by atoms with Crippen molar-refractivity contribution in [2.75, 3.05) is 33.0 Å². The van der Waals surface area contributed by atoms with Gasteiger partial charge >= 0.3 is 0 Å². The van der Waals surface area contributed by atoms with Crippen LogP contribution in [0.25, 0.3) is 56.0 Å². The van der Waals surface area contributed by atoms with Crippen LogP contribution in [0.5, 0.6) is 5.75 Å². The Balaban J connectivity index is 1.40. The quantitative estimate of drug-likeness (QED) is 0.290. The van der Waals surface area contributed by atoms with Crippen molar-refractivity contribution in [1.82, 2.24) is 40.0 Å². The lowest BCUT2D eigenvalue weighted by atomic mass is 10.1. The maximum atomic E-state index is 14.5. The van der Waals surface area contributed by atoms with Gasteiger partial charge in [-0.25, -0.2) is 14.4 Å². The molecule has 1 aromatic carbocycles. The molecule has 5 heterocycles. The number of aromatic amines is 2. The Hall–Kier alpha value is -4.90. The molecular weight excluding hydrogens is 485 g/mol. The fraction of sp³-hybridized carbons (Fsp3) is 0.148. The maximum Gasteiger partial charge on any atom is 0.178 e. The van der Waals surface area contributed by atoms with Crippen LogP contribution in [0, 0.1) is 5.82 Å². The molecule has 6 aromatic rings. The lowest BCUT2D eigenvalue weighted by molar-refractivity contribution is 0.260. The van der Waals surface area contributed by atoms with E-state index in [9.17, 15) is 4.39 Å². The molecule has 0 unspecified atom stereocenters. The van der Waals surface area contributed by atoms with E-state index in [2.05, 4.69) is 35.1 Å². The van der Waals surface area contributed by atoms with Crippen LogP contribution >= 0.6 is 0 Å². The number of rotatable bonds is 7. The second kappa shape index (κ2) is 9.52. The lowest BCUT2D eigenvalue weighted by Gasteiger charge is -2.12. The minimum atomic E-state index is -0.388. The topological polar surface area (TPSA) is 135 Å². The number of ether oxygens (including phenoxy) is 1. The summed E-state index contributed by atoms with van der Waals surface area (Å²) < 4.78 is 20.3. The summed E-state index contributed by atoms with van der Waals surface area (Å²) in [5.74, 6) is 0.593. The van der Waals surface area contributed by atoms with Gasteiger partial charge in [0.1, 0.15) is 23.9 Å². The molecule has 0 saturated carbocycles. The Morgan fingerprint density at radius 2 is 1.92 bits per heavy atom. The Morgan fingerprint density at radius 3 is 2.76 bits per heavy atom. The highest BCUT2D eigenvalue weighted by Gasteiger charge is 2.17. The number of aromatic nitrogens is 7. The number of hydrogen-bond acceptors (Lipinski definition) is 8. The molecule has 0 aliphatic carbocycles. The summed E-state index contributed by atoms with van der Waals surface area (Å²) in [5, 5.41) is 8.31. The molecular formula is C27H24FN9O. The zero-order valence-electron chi connectivity index (χ0n) is 20.7. The number of halogens is 1. The van der Waals surface area contributed by atoms with Crippen LogP contribution in [0.1, 0.15) is 0 Å². The first-order valence-electron chi connectivity index (χ1n) is 11.9. The number of H-pyrrole nitrogens is 2. The minimum Gasteiger partial charge on any atom is -0.492 e. The fourth-order valence-corrected chi connectivity index (χ4v) is 4.26. The van der Waals surface area contributed by atoms with Gasteiger partial charge in [-0.15, -0.1) is 0 Å². The Bertz CT molecular complexity index is 1780. The third-order valence-corrected chi connectivity index (χ3v) is 6.11. The Morgan fingerprint density at radius 1 is 1.03 bits per heavy atom. The zero-order valence-corrected chi connectivity index (χ0v) is 20.7. The van der Waals surface area contributed by atoms with Gasteiger partial charge in [0.2, 0.25) is 0 Å². The molecule has 0 amide bonds. The second-order valence-electron chi connectivity index (χ2n) is 9.16. The van der Waals surface area contributed by atoms with Crippen LogP contribution in [0.15, 0.2) is 61.2 Å². The van der Waals surface area contributed by atoms with E-state index < -0.39 is 0 Å². The van der Waals surface area contributed by atoms with Gasteiger partial charge in [0.05, 0.1) is 28.6 Å². The van der Waals surface area contributed by atoms with E-state index in [0.717, 1.165) is 28.6 Å². The number of nitrogens with zero attached hydrogens (tertiary/aromatic N) is 6. The Labute approximate surface area is 216 Å². The SMILES string of the molecule is CN(C)CCOc1cc(F)cc(-c2ccnc3nc(-c4n[nH]c5cnc(-c6cncc(N)c6)cc45)[nH]c23)c1. The van der Waals surface area contributed by atoms with Gasteiger partial charge in [0.15, 0.2) is 11.5 Å². The molecule has 0 fully saturated rings. The predicted octanol–water partition coefficient (Wildman–Crippen LogP) is 4.29. The van der Waals surface area contributed by atoms with E-state index in [4.69, 9.17) is 10.5 Å². The third-order valence-electron chi connectivity index (χ3n) is 6.11. The average Bonchev–Trinajstić information content (AvgIpc) is 3.51. The monoisotopic (exact) mass is 509 g/mol. The fourth-order valence-electron chi connectivity index (χ4n) is 4.26. The van der Waals surface area contributed by atoms with Crippen LogP contribution in [0.3, 0.4) is 0 Å². The van der Waals surface area contributed by atoms with Gasteiger partial charge in [-0.3, -0.25) is 15.1 Å². The molecule has 11 heteroatoms. The molecule has 0 atom stereocenters. The molecule has 5 aromatic heterocycles. The summed E-state index contributed by atoms with van der Waals surface area (Å²) in [6.07, 6.45) is 6.65. The first-order valence-corrected chi connectivity index (χ1v) is 11.9. The molecule has 0 bridgehead atoms. The normalized spacial score (nSPS) is 11.6. The van der Waals surface area contributed by atoms with Crippen LogP contribution in [0.4, 0.5) is 10.1 Å². The largest absolute Gasteiger partial charge is 0.492 e. The Kier molecular flexibility index (Phi) is 5.89. The molecule has 0 saturated heterocycles. The smallest absolute Gasteiger partial charge is 0.178 e. The van der Waals surface area contributed by atoms with Crippen molar-refractivity contribution < 1.29 is 9.13 Å². The van der Waals surface area contributed by atoms with Crippen molar-refractivity contribution in [1.29, 1.82) is 0 Å². The van der Waals surface area contributed by atoms with Gasteiger partial charge in [-0.1, -0.05) is 0 Å². The van der Waals surface area contributed by atoms with E-state index >= 15 is 0 Å². The standard InChI is InChI=1S/C27H24FN9O/c1-37(2)5-6-38-19-9-15(7-17(28)10-19)20-3-4-31-26-24(20)33-27(34-26)25-21-11-22(32-14-23(21)35-36-25)16-8-18(29)13-30-12-16/h3-4,7-14H,5-6,29H2,1-2H3,(H,35,36)(H,31,33,34). The predicted molar refractivity (Wildman–Crippen MR) is 144 cm³/mol. The maximum absolute atomic E-state index is 14.5. The number of anilines is 1. The average molecular weight is 510 g/mol. The highest BCUT2D eigenvalue weighted by Crippen LogP contribution is 2.33. The van der Waals surface area contributed by atoms with Crippen molar-refractivity contribution in [2.45, 2.75) is 0 Å². The van der Waals surface area contributed by atoms with Crippen molar-refractivity contribution >= 4 is 27.8 Å². The number of hydrogen-bond donors (Lipinski definition) is 3. The molecule has 6 rings (SSSR count). The van der Waals surface area contributed by atoms with Gasteiger partial charge in [0, 0.05) is 47.7 Å². The van der Waals surface area contributed by atoms with Gasteiger partial charge in [0.25, 0.3) is 0 Å². The molecule has 10 nitrogen and oxygen atoms in total.